The van der Waals surface area contributed by atoms with E-state index in [4.69, 9.17) is 9.47 Å². The summed E-state index contributed by atoms with van der Waals surface area (Å²) < 4.78 is 23.3. The Labute approximate surface area is 119 Å². The van der Waals surface area contributed by atoms with Crippen LogP contribution in [-0.4, -0.2) is 32.3 Å². The van der Waals surface area contributed by atoms with Crippen molar-refractivity contribution in [1.82, 2.24) is 5.32 Å². The van der Waals surface area contributed by atoms with Gasteiger partial charge in [0, 0.05) is 12.6 Å². The van der Waals surface area contributed by atoms with Gasteiger partial charge in [0.1, 0.15) is 12.4 Å². The van der Waals surface area contributed by atoms with Crippen LogP contribution in [0.15, 0.2) is 18.2 Å². The molecule has 1 aromatic carbocycles. The monoisotopic (exact) mass is 283 g/mol. The molecule has 1 rings (SSSR count). The average Bonchev–Trinajstić information content (AvgIpc) is 2.41. The number of carbonyl (C=O) groups excluding carboxylic acids is 1. The molecule has 5 heteroatoms. The molecule has 0 aliphatic rings. The maximum absolute atomic E-state index is 13.4. The Bertz CT molecular complexity index is 437. The molecular weight excluding hydrogens is 261 g/mol. The van der Waals surface area contributed by atoms with Crippen LogP contribution >= 0.6 is 0 Å². The minimum Gasteiger partial charge on any atom is -0.464 e. The van der Waals surface area contributed by atoms with Gasteiger partial charge in [-0.25, -0.2) is 9.18 Å². The van der Waals surface area contributed by atoms with Crippen LogP contribution in [0.25, 0.3) is 0 Å². The first-order chi connectivity index (χ1) is 9.54. The third-order valence-electron chi connectivity index (χ3n) is 2.92. The Morgan fingerprint density at radius 1 is 1.45 bits per heavy atom. The maximum Gasteiger partial charge on any atom is 0.332 e. The number of esters is 1. The van der Waals surface area contributed by atoms with Crippen molar-refractivity contribution in [3.63, 3.8) is 0 Å². The van der Waals surface area contributed by atoms with Gasteiger partial charge in [0.05, 0.1) is 13.2 Å². The molecule has 1 unspecified atom stereocenters. The van der Waals surface area contributed by atoms with Gasteiger partial charge in [0.25, 0.3) is 0 Å². The molecule has 0 spiro atoms. The first-order valence-electron chi connectivity index (χ1n) is 6.77. The molecule has 0 saturated carbocycles. The van der Waals surface area contributed by atoms with Crippen LogP contribution in [0.2, 0.25) is 0 Å². The number of nitrogens with one attached hydrogen (secondary N) is 1. The second-order valence-electron chi connectivity index (χ2n) is 4.54. The fraction of sp³-hybridized carbons (Fsp3) is 0.533. The predicted molar refractivity (Wildman–Crippen MR) is 75.0 cm³/mol. The fourth-order valence-corrected chi connectivity index (χ4v) is 1.70. The van der Waals surface area contributed by atoms with Gasteiger partial charge in [-0.15, -0.1) is 0 Å². The summed E-state index contributed by atoms with van der Waals surface area (Å²) in [4.78, 5) is 11.0. The molecule has 0 aliphatic carbocycles. The Hall–Kier alpha value is -1.46. The molecule has 0 fully saturated rings. The van der Waals surface area contributed by atoms with E-state index in [1.54, 1.807) is 19.9 Å². The molecule has 0 saturated heterocycles. The number of benzene rings is 1. The second kappa shape index (κ2) is 8.66. The van der Waals surface area contributed by atoms with E-state index in [2.05, 4.69) is 5.32 Å². The standard InChI is InChI=1S/C15H22FNO3/c1-4-20-15(18)10-19-8-7-17-12(3)13-6-5-11(2)14(16)9-13/h5-6,9,12,17H,4,7-8,10H2,1-3H3. The van der Waals surface area contributed by atoms with E-state index < -0.39 is 0 Å². The van der Waals surface area contributed by atoms with Crippen molar-refractivity contribution in [1.29, 1.82) is 0 Å². The molecule has 0 amide bonds. The number of ether oxygens (including phenoxy) is 2. The maximum atomic E-state index is 13.4. The summed E-state index contributed by atoms with van der Waals surface area (Å²) in [6.07, 6.45) is 0. The van der Waals surface area contributed by atoms with Crippen molar-refractivity contribution < 1.29 is 18.7 Å². The van der Waals surface area contributed by atoms with Gasteiger partial charge in [-0.2, -0.15) is 0 Å². The molecular formula is C15H22FNO3. The van der Waals surface area contributed by atoms with Crippen LogP contribution in [-0.2, 0) is 14.3 Å². The smallest absolute Gasteiger partial charge is 0.332 e. The summed E-state index contributed by atoms with van der Waals surface area (Å²) in [5.74, 6) is -0.559. The number of carbonyl (C=O) groups is 1. The van der Waals surface area contributed by atoms with Gasteiger partial charge < -0.3 is 14.8 Å². The molecule has 4 nitrogen and oxygen atoms in total. The minimum absolute atomic E-state index is 0.0243. The zero-order valence-electron chi connectivity index (χ0n) is 12.2. The number of halogens is 1. The number of hydrogen-bond acceptors (Lipinski definition) is 4. The molecule has 20 heavy (non-hydrogen) atoms. The van der Waals surface area contributed by atoms with Crippen LogP contribution in [0.5, 0.6) is 0 Å². The highest BCUT2D eigenvalue weighted by molar-refractivity contribution is 5.70. The lowest BCUT2D eigenvalue weighted by atomic mass is 10.1. The summed E-state index contributed by atoms with van der Waals surface area (Å²) >= 11 is 0. The number of hydrogen-bond donors (Lipinski definition) is 1. The van der Waals surface area contributed by atoms with Crippen molar-refractivity contribution in [3.05, 3.63) is 35.1 Å². The summed E-state index contributed by atoms with van der Waals surface area (Å²) in [7, 11) is 0. The molecule has 0 heterocycles. The molecule has 1 N–H and O–H groups in total. The third-order valence-corrected chi connectivity index (χ3v) is 2.92. The summed E-state index contributed by atoms with van der Waals surface area (Å²) in [5.41, 5.74) is 1.53. The van der Waals surface area contributed by atoms with E-state index in [-0.39, 0.29) is 24.4 Å². The minimum atomic E-state index is -0.360. The Balaban J connectivity index is 2.24. The van der Waals surface area contributed by atoms with E-state index in [1.165, 1.54) is 6.07 Å². The summed E-state index contributed by atoms with van der Waals surface area (Å²) in [5, 5.41) is 3.21. The predicted octanol–water partition coefficient (Wildman–Crippen LogP) is 2.36. The topological polar surface area (TPSA) is 47.6 Å². The zero-order valence-corrected chi connectivity index (χ0v) is 12.2. The quantitative estimate of drug-likeness (QED) is 0.588. The lowest BCUT2D eigenvalue weighted by Crippen LogP contribution is -2.24. The van der Waals surface area contributed by atoms with E-state index in [0.29, 0.717) is 25.3 Å². The van der Waals surface area contributed by atoms with Gasteiger partial charge in [0.15, 0.2) is 0 Å². The molecule has 112 valence electrons. The lowest BCUT2D eigenvalue weighted by molar-refractivity contribution is -0.148. The molecule has 1 atom stereocenters. The van der Waals surface area contributed by atoms with Crippen LogP contribution in [0, 0.1) is 12.7 Å². The van der Waals surface area contributed by atoms with E-state index in [0.717, 1.165) is 5.56 Å². The number of rotatable bonds is 8. The van der Waals surface area contributed by atoms with Crippen molar-refractivity contribution in [2.75, 3.05) is 26.4 Å². The largest absolute Gasteiger partial charge is 0.464 e. The lowest BCUT2D eigenvalue weighted by Gasteiger charge is -2.15. The highest BCUT2D eigenvalue weighted by Crippen LogP contribution is 2.15. The summed E-state index contributed by atoms with van der Waals surface area (Å²) in [6, 6.07) is 5.22. The highest BCUT2D eigenvalue weighted by Gasteiger charge is 2.07. The molecule has 1 aromatic rings. The van der Waals surface area contributed by atoms with Gasteiger partial charge in [-0.05, 0) is 38.0 Å². The van der Waals surface area contributed by atoms with Crippen molar-refractivity contribution in [3.8, 4) is 0 Å². The van der Waals surface area contributed by atoms with Crippen LogP contribution < -0.4 is 5.32 Å². The SMILES string of the molecule is CCOC(=O)COCCNC(C)c1ccc(C)c(F)c1. The van der Waals surface area contributed by atoms with Gasteiger partial charge in [0.2, 0.25) is 0 Å². The molecule has 0 aliphatic heterocycles. The highest BCUT2D eigenvalue weighted by atomic mass is 19.1. The molecule has 0 bridgehead atoms. The number of aryl methyl sites for hydroxylation is 1. The van der Waals surface area contributed by atoms with Gasteiger partial charge >= 0.3 is 5.97 Å². The van der Waals surface area contributed by atoms with Gasteiger partial charge in [-0.3, -0.25) is 0 Å². The first kappa shape index (κ1) is 16.6. The molecule has 0 aromatic heterocycles. The van der Waals surface area contributed by atoms with Crippen LogP contribution in [0.3, 0.4) is 0 Å². The van der Waals surface area contributed by atoms with Crippen LogP contribution in [0.4, 0.5) is 4.39 Å². The van der Waals surface area contributed by atoms with Crippen molar-refractivity contribution in [2.24, 2.45) is 0 Å². The van der Waals surface area contributed by atoms with Crippen molar-refractivity contribution >= 4 is 5.97 Å². The Kier molecular flexibility index (Phi) is 7.18. The van der Waals surface area contributed by atoms with Crippen molar-refractivity contribution in [2.45, 2.75) is 26.8 Å². The van der Waals surface area contributed by atoms with Crippen LogP contribution in [0.1, 0.15) is 31.0 Å². The van der Waals surface area contributed by atoms with E-state index in [1.807, 2.05) is 13.0 Å². The summed E-state index contributed by atoms with van der Waals surface area (Å²) in [6.45, 7) is 6.74. The Morgan fingerprint density at radius 2 is 2.20 bits per heavy atom. The normalized spacial score (nSPS) is 12.2. The van der Waals surface area contributed by atoms with E-state index >= 15 is 0 Å². The second-order valence-corrected chi connectivity index (χ2v) is 4.54. The molecule has 0 radical (unpaired) electrons. The third kappa shape index (κ3) is 5.67. The van der Waals surface area contributed by atoms with Gasteiger partial charge in [-0.1, -0.05) is 12.1 Å². The fourth-order valence-electron chi connectivity index (χ4n) is 1.70. The average molecular weight is 283 g/mol. The Morgan fingerprint density at radius 3 is 2.85 bits per heavy atom. The first-order valence-corrected chi connectivity index (χ1v) is 6.77. The van der Waals surface area contributed by atoms with E-state index in [9.17, 15) is 9.18 Å². The zero-order chi connectivity index (χ0) is 15.0.